The van der Waals surface area contributed by atoms with Crippen LogP contribution in [0.5, 0.6) is 17.2 Å². The third-order valence-corrected chi connectivity index (χ3v) is 7.25. The zero-order chi connectivity index (χ0) is 26.0. The van der Waals surface area contributed by atoms with Gasteiger partial charge in [-0.3, -0.25) is 4.79 Å². The fraction of sp³-hybridized carbons (Fsp3) is 0.567. The smallest absolute Gasteiger partial charge is 0.223 e. The number of ether oxygens (including phenoxy) is 3. The third-order valence-electron chi connectivity index (χ3n) is 7.25. The molecule has 2 aromatic rings. The highest BCUT2D eigenvalue weighted by atomic mass is 16.5. The van der Waals surface area contributed by atoms with Gasteiger partial charge in [-0.2, -0.15) is 0 Å². The van der Waals surface area contributed by atoms with E-state index in [4.69, 9.17) is 14.2 Å². The molecule has 198 valence electrons. The van der Waals surface area contributed by atoms with Gasteiger partial charge in [-0.05, 0) is 68.6 Å². The lowest BCUT2D eigenvalue weighted by Crippen LogP contribution is -2.35. The second kappa shape index (κ2) is 13.5. The van der Waals surface area contributed by atoms with E-state index in [1.54, 1.807) is 21.3 Å². The van der Waals surface area contributed by atoms with Gasteiger partial charge in [-0.15, -0.1) is 0 Å². The first-order valence-electron chi connectivity index (χ1n) is 13.3. The minimum Gasteiger partial charge on any atom is -0.493 e. The van der Waals surface area contributed by atoms with E-state index in [1.165, 1.54) is 18.4 Å². The highest BCUT2D eigenvalue weighted by molar-refractivity contribution is 5.79. The van der Waals surface area contributed by atoms with E-state index in [9.17, 15) is 4.79 Å². The van der Waals surface area contributed by atoms with Crippen LogP contribution >= 0.6 is 0 Å². The van der Waals surface area contributed by atoms with E-state index in [-0.39, 0.29) is 11.3 Å². The Morgan fingerprint density at radius 2 is 1.58 bits per heavy atom. The largest absolute Gasteiger partial charge is 0.493 e. The molecule has 0 radical (unpaired) electrons. The molecule has 1 atom stereocenters. The molecule has 0 saturated carbocycles. The molecule has 0 spiro atoms. The summed E-state index contributed by atoms with van der Waals surface area (Å²) in [5.74, 6) is 2.01. The molecule has 1 amide bonds. The molecule has 3 rings (SSSR count). The van der Waals surface area contributed by atoms with Crippen molar-refractivity contribution in [1.82, 2.24) is 9.80 Å². The van der Waals surface area contributed by atoms with Crippen LogP contribution in [0.15, 0.2) is 42.5 Å². The number of methoxy groups -OCH3 is 3. The molecule has 1 unspecified atom stereocenters. The third kappa shape index (κ3) is 7.16. The Hall–Kier alpha value is -2.73. The first-order valence-corrected chi connectivity index (χ1v) is 13.3. The molecule has 2 aromatic carbocycles. The number of benzene rings is 2. The molecule has 0 bridgehead atoms. The van der Waals surface area contributed by atoms with Crippen LogP contribution < -0.4 is 14.2 Å². The minimum absolute atomic E-state index is 0.0721. The molecule has 1 aliphatic heterocycles. The van der Waals surface area contributed by atoms with Crippen LogP contribution in [0.1, 0.15) is 57.1 Å². The maximum Gasteiger partial charge on any atom is 0.223 e. The SMILES string of the molecule is CCCCN(CCC)CCC1(Cc2ccccc2)CC(=O)N(Cc2cc(OC)c(OC)c(OC)c2)C1. The highest BCUT2D eigenvalue weighted by Gasteiger charge is 2.43. The minimum atomic E-state index is -0.0721. The summed E-state index contributed by atoms with van der Waals surface area (Å²) in [5, 5.41) is 0. The Bertz CT molecular complexity index is 940. The van der Waals surface area contributed by atoms with Crippen LogP contribution in [0.2, 0.25) is 0 Å². The highest BCUT2D eigenvalue weighted by Crippen LogP contribution is 2.42. The molecule has 0 aromatic heterocycles. The van der Waals surface area contributed by atoms with Crippen molar-refractivity contribution in [2.75, 3.05) is 47.5 Å². The number of rotatable bonds is 15. The predicted octanol–water partition coefficient (Wildman–Crippen LogP) is 5.58. The Balaban J connectivity index is 1.82. The number of likely N-dealkylation sites (tertiary alicyclic amines) is 1. The van der Waals surface area contributed by atoms with Crippen LogP contribution in [-0.4, -0.2) is 63.2 Å². The molecule has 0 aliphatic carbocycles. The number of unbranched alkanes of at least 4 members (excludes halogenated alkanes) is 1. The summed E-state index contributed by atoms with van der Waals surface area (Å²) < 4.78 is 16.5. The fourth-order valence-electron chi connectivity index (χ4n) is 5.40. The van der Waals surface area contributed by atoms with E-state index in [2.05, 4.69) is 49.1 Å². The van der Waals surface area contributed by atoms with Crippen LogP contribution in [-0.2, 0) is 17.8 Å². The summed E-state index contributed by atoms with van der Waals surface area (Å²) in [6, 6.07) is 14.5. The predicted molar refractivity (Wildman–Crippen MR) is 145 cm³/mol. The number of nitrogens with zero attached hydrogens (tertiary/aromatic N) is 2. The number of amides is 1. The Morgan fingerprint density at radius 3 is 2.17 bits per heavy atom. The van der Waals surface area contributed by atoms with Crippen molar-refractivity contribution in [1.29, 1.82) is 0 Å². The van der Waals surface area contributed by atoms with Gasteiger partial charge >= 0.3 is 0 Å². The van der Waals surface area contributed by atoms with E-state index in [1.807, 2.05) is 17.0 Å². The summed E-state index contributed by atoms with van der Waals surface area (Å²) in [5.41, 5.74) is 2.21. The van der Waals surface area contributed by atoms with E-state index >= 15 is 0 Å². The van der Waals surface area contributed by atoms with Crippen molar-refractivity contribution < 1.29 is 19.0 Å². The average molecular weight is 497 g/mol. The molecule has 36 heavy (non-hydrogen) atoms. The van der Waals surface area contributed by atoms with Crippen LogP contribution in [0.3, 0.4) is 0 Å². The second-order valence-corrected chi connectivity index (χ2v) is 10.1. The standard InChI is InChI=1S/C30H44N2O4/c1-6-8-16-31(15-7-2)17-14-30(20-24-12-10-9-11-13-24)21-28(33)32(23-30)22-25-18-26(34-3)29(36-5)27(19-25)35-4/h9-13,18-19H,6-8,14-17,20-23H2,1-5H3. The van der Waals surface area contributed by atoms with Gasteiger partial charge < -0.3 is 24.0 Å². The van der Waals surface area contributed by atoms with E-state index in [0.29, 0.717) is 30.2 Å². The summed E-state index contributed by atoms with van der Waals surface area (Å²) in [6.07, 6.45) is 6.10. The maximum atomic E-state index is 13.4. The molecule has 1 saturated heterocycles. The second-order valence-electron chi connectivity index (χ2n) is 10.1. The zero-order valence-electron chi connectivity index (χ0n) is 22.8. The molecule has 1 heterocycles. The van der Waals surface area contributed by atoms with Gasteiger partial charge in [-0.25, -0.2) is 0 Å². The topological polar surface area (TPSA) is 51.2 Å². The lowest BCUT2D eigenvalue weighted by molar-refractivity contribution is -0.128. The first-order chi connectivity index (χ1) is 17.5. The molecular weight excluding hydrogens is 452 g/mol. The van der Waals surface area contributed by atoms with Crippen LogP contribution in [0.25, 0.3) is 0 Å². The summed E-state index contributed by atoms with van der Waals surface area (Å²) in [6.45, 7) is 9.06. The van der Waals surface area contributed by atoms with Gasteiger partial charge in [0.15, 0.2) is 11.5 Å². The number of hydrogen-bond acceptors (Lipinski definition) is 5. The van der Waals surface area contributed by atoms with Crippen molar-refractivity contribution >= 4 is 5.91 Å². The normalized spacial score (nSPS) is 17.6. The Kier molecular flexibility index (Phi) is 10.5. The van der Waals surface area contributed by atoms with E-state index < -0.39 is 0 Å². The maximum absolute atomic E-state index is 13.4. The van der Waals surface area contributed by atoms with Gasteiger partial charge in [0.1, 0.15) is 0 Å². The Labute approximate surface area is 217 Å². The monoisotopic (exact) mass is 496 g/mol. The van der Waals surface area contributed by atoms with Crippen molar-refractivity contribution in [2.24, 2.45) is 5.41 Å². The van der Waals surface area contributed by atoms with Gasteiger partial charge in [0.05, 0.1) is 21.3 Å². The summed E-state index contributed by atoms with van der Waals surface area (Å²) in [4.78, 5) is 18.0. The quantitative estimate of drug-likeness (QED) is 0.322. The molecular formula is C30H44N2O4. The van der Waals surface area contributed by atoms with Gasteiger partial charge in [0.25, 0.3) is 0 Å². The van der Waals surface area contributed by atoms with Crippen LogP contribution in [0, 0.1) is 5.41 Å². The van der Waals surface area contributed by atoms with Crippen molar-refractivity contribution in [2.45, 2.75) is 58.9 Å². The summed E-state index contributed by atoms with van der Waals surface area (Å²) in [7, 11) is 4.84. The van der Waals surface area contributed by atoms with Crippen molar-refractivity contribution in [3.63, 3.8) is 0 Å². The molecule has 1 fully saturated rings. The molecule has 0 N–H and O–H groups in total. The van der Waals surface area contributed by atoms with Gasteiger partial charge in [0.2, 0.25) is 11.7 Å². The van der Waals surface area contributed by atoms with Crippen LogP contribution in [0.4, 0.5) is 0 Å². The molecule has 6 heteroatoms. The van der Waals surface area contributed by atoms with Gasteiger partial charge in [-0.1, -0.05) is 50.6 Å². The lowest BCUT2D eigenvalue weighted by atomic mass is 9.77. The van der Waals surface area contributed by atoms with E-state index in [0.717, 1.165) is 51.0 Å². The lowest BCUT2D eigenvalue weighted by Gasteiger charge is -2.32. The number of hydrogen-bond donors (Lipinski definition) is 0. The van der Waals surface area contributed by atoms with Gasteiger partial charge in [0, 0.05) is 24.9 Å². The number of carbonyl (C=O) groups excluding carboxylic acids is 1. The fourth-order valence-corrected chi connectivity index (χ4v) is 5.40. The number of carbonyl (C=O) groups is 1. The van der Waals surface area contributed by atoms with Crippen molar-refractivity contribution in [3.8, 4) is 17.2 Å². The molecule has 1 aliphatic rings. The first kappa shape index (κ1) is 27.9. The average Bonchev–Trinajstić information content (AvgIpc) is 3.19. The Morgan fingerprint density at radius 1 is 0.889 bits per heavy atom. The zero-order valence-corrected chi connectivity index (χ0v) is 22.8. The molecule has 6 nitrogen and oxygen atoms in total. The van der Waals surface area contributed by atoms with Crippen molar-refractivity contribution in [3.05, 3.63) is 53.6 Å². The summed E-state index contributed by atoms with van der Waals surface area (Å²) >= 11 is 0.